The van der Waals surface area contributed by atoms with Crippen LogP contribution in [0, 0.1) is 11.3 Å². The zero-order chi connectivity index (χ0) is 16.4. The second-order valence-corrected chi connectivity index (χ2v) is 7.80. The number of anilines is 2. The van der Waals surface area contributed by atoms with Crippen molar-refractivity contribution < 1.29 is 4.79 Å². The van der Waals surface area contributed by atoms with E-state index in [1.165, 1.54) is 34.9 Å². The minimum atomic E-state index is -0.228. The van der Waals surface area contributed by atoms with Crippen LogP contribution in [-0.4, -0.2) is 28.8 Å². The number of hydrogen-bond acceptors (Lipinski definition) is 9. The second-order valence-electron chi connectivity index (χ2n) is 4.54. The number of nitrogens with zero attached hydrogens (tertiary/aromatic N) is 4. The van der Waals surface area contributed by atoms with Gasteiger partial charge in [0.2, 0.25) is 5.13 Å². The highest BCUT2D eigenvalue weighted by Crippen LogP contribution is 2.46. The highest BCUT2D eigenvalue weighted by atomic mass is 32.2. The average Bonchev–Trinajstić information content (AvgIpc) is 3.11. The molecule has 3 rings (SSSR count). The van der Waals surface area contributed by atoms with Gasteiger partial charge in [-0.1, -0.05) is 47.0 Å². The monoisotopic (exact) mass is 361 g/mol. The van der Waals surface area contributed by atoms with E-state index in [-0.39, 0.29) is 17.1 Å². The molecule has 9 heteroatoms. The Morgan fingerprint density at radius 2 is 2.22 bits per heavy atom. The quantitative estimate of drug-likeness (QED) is 0.504. The fourth-order valence-electron chi connectivity index (χ4n) is 2.03. The van der Waals surface area contributed by atoms with Crippen molar-refractivity contribution in [3.63, 3.8) is 0 Å². The zero-order valence-electron chi connectivity index (χ0n) is 12.0. The Balaban J connectivity index is 1.80. The summed E-state index contributed by atoms with van der Waals surface area (Å²) in [4.78, 5) is 15.3. The summed E-state index contributed by atoms with van der Waals surface area (Å²) in [7, 11) is 1.86. The molecule has 0 aliphatic carbocycles. The Bertz CT molecular complexity index is 839. The molecule has 0 radical (unpaired) electrons. The molecule has 0 atom stereocenters. The molecule has 2 heterocycles. The number of hydrogen-bond donors (Lipinski definition) is 1. The second kappa shape index (κ2) is 6.62. The molecular weight excluding hydrogens is 350 g/mol. The first kappa shape index (κ1) is 15.9. The van der Waals surface area contributed by atoms with Crippen LogP contribution in [0.1, 0.15) is 0 Å². The van der Waals surface area contributed by atoms with Crippen LogP contribution in [-0.2, 0) is 4.79 Å². The van der Waals surface area contributed by atoms with Crippen molar-refractivity contribution in [3.05, 3.63) is 34.9 Å². The van der Waals surface area contributed by atoms with Gasteiger partial charge in [0, 0.05) is 11.9 Å². The molecule has 2 N–H and O–H groups in total. The fraction of sp³-hybridized carbons (Fsp3) is 0.143. The van der Waals surface area contributed by atoms with Crippen molar-refractivity contribution in [2.75, 3.05) is 23.4 Å². The van der Waals surface area contributed by atoms with E-state index in [0.717, 1.165) is 10.6 Å². The first-order valence-corrected chi connectivity index (χ1v) is 9.12. The van der Waals surface area contributed by atoms with Crippen molar-refractivity contribution in [2.45, 2.75) is 9.24 Å². The lowest BCUT2D eigenvalue weighted by molar-refractivity contribution is -0.112. The number of thioether (sulfide) groups is 2. The predicted molar refractivity (Wildman–Crippen MR) is 93.4 cm³/mol. The number of benzene rings is 1. The normalized spacial score (nSPS) is 15.2. The number of allylic oxidation sites excluding steroid dienone is 1. The van der Waals surface area contributed by atoms with E-state index in [2.05, 4.69) is 10.2 Å². The number of rotatable bonds is 4. The molecule has 0 unspecified atom stereocenters. The number of carbonyl (C=O) groups is 1. The Morgan fingerprint density at radius 3 is 2.87 bits per heavy atom. The molecule has 1 aromatic heterocycles. The summed E-state index contributed by atoms with van der Waals surface area (Å²) in [5.74, 6) is -0.0976. The number of fused-ring (bicyclic) bond motifs is 1. The first-order valence-electron chi connectivity index (χ1n) is 6.50. The minimum Gasteiger partial charge on any atom is -0.374 e. The topological polar surface area (TPSA) is 95.9 Å². The van der Waals surface area contributed by atoms with Crippen LogP contribution >= 0.6 is 34.9 Å². The third-order valence-corrected chi connectivity index (χ3v) is 6.21. The number of nitrogen functional groups attached to an aromatic ring is 1. The van der Waals surface area contributed by atoms with Gasteiger partial charge in [0.15, 0.2) is 10.1 Å². The molecule has 0 saturated heterocycles. The largest absolute Gasteiger partial charge is 0.374 e. The van der Waals surface area contributed by atoms with E-state index in [1.54, 1.807) is 0 Å². The molecule has 0 amide bonds. The molecule has 0 spiro atoms. The van der Waals surface area contributed by atoms with Crippen LogP contribution in [0.2, 0.25) is 0 Å². The van der Waals surface area contributed by atoms with Crippen LogP contribution in [0.5, 0.6) is 0 Å². The van der Waals surface area contributed by atoms with Crippen molar-refractivity contribution in [2.24, 2.45) is 0 Å². The first-order chi connectivity index (χ1) is 11.1. The molecule has 1 aliphatic heterocycles. The van der Waals surface area contributed by atoms with Crippen LogP contribution in [0.3, 0.4) is 0 Å². The molecule has 0 bridgehead atoms. The van der Waals surface area contributed by atoms with Crippen molar-refractivity contribution in [1.82, 2.24) is 10.2 Å². The lowest BCUT2D eigenvalue weighted by Gasteiger charge is -2.14. The van der Waals surface area contributed by atoms with E-state index in [4.69, 9.17) is 5.73 Å². The summed E-state index contributed by atoms with van der Waals surface area (Å²) in [5, 5.41) is 18.0. The van der Waals surface area contributed by atoms with Gasteiger partial charge in [-0.3, -0.25) is 4.79 Å². The number of Topliss-reactive ketones (excluding diaryl/α,β-unsaturated/α-hetero) is 1. The summed E-state index contributed by atoms with van der Waals surface area (Å²) in [6.07, 6.45) is 0. The number of carbonyl (C=O) groups excluding carboxylic acids is 1. The van der Waals surface area contributed by atoms with Gasteiger partial charge in [0.1, 0.15) is 16.7 Å². The Morgan fingerprint density at radius 1 is 1.43 bits per heavy atom. The molecule has 1 aromatic carbocycles. The molecule has 2 aromatic rings. The van der Waals surface area contributed by atoms with Gasteiger partial charge in [0.25, 0.3) is 0 Å². The third-order valence-electron chi connectivity index (χ3n) is 3.09. The van der Waals surface area contributed by atoms with E-state index in [9.17, 15) is 10.1 Å². The van der Waals surface area contributed by atoms with Crippen LogP contribution in [0.4, 0.5) is 10.8 Å². The molecule has 0 fully saturated rings. The van der Waals surface area contributed by atoms with E-state index < -0.39 is 0 Å². The van der Waals surface area contributed by atoms with Gasteiger partial charge in [-0.2, -0.15) is 5.26 Å². The Hall–Kier alpha value is -2.02. The number of nitrogens with two attached hydrogens (primary N) is 1. The lowest BCUT2D eigenvalue weighted by atomic mass is 10.2. The molecule has 116 valence electrons. The smallest absolute Gasteiger partial charge is 0.203 e. The van der Waals surface area contributed by atoms with Crippen molar-refractivity contribution in [3.8, 4) is 6.07 Å². The maximum Gasteiger partial charge on any atom is 0.203 e. The fourth-order valence-corrected chi connectivity index (χ4v) is 4.70. The van der Waals surface area contributed by atoms with Crippen molar-refractivity contribution >= 4 is 51.5 Å². The summed E-state index contributed by atoms with van der Waals surface area (Å²) in [6.45, 7) is 0. The van der Waals surface area contributed by atoms with Gasteiger partial charge in [-0.05, 0) is 12.1 Å². The SMILES string of the molecule is CN1/C(=C(/C#N)C(=O)CSc2nnc(N)s2)Sc2ccccc21. The van der Waals surface area contributed by atoms with E-state index in [0.29, 0.717) is 14.5 Å². The van der Waals surface area contributed by atoms with Gasteiger partial charge < -0.3 is 10.6 Å². The standard InChI is InChI=1S/C14H11N5OS3/c1-19-9-4-2-3-5-11(9)22-12(19)8(6-15)10(20)7-21-14-18-17-13(16)23-14/h2-5H,7H2,1H3,(H2,16,17)/b12-8+. The van der Waals surface area contributed by atoms with Crippen LogP contribution in [0.25, 0.3) is 0 Å². The summed E-state index contributed by atoms with van der Waals surface area (Å²) >= 11 is 3.90. The number of aromatic nitrogens is 2. The lowest BCUT2D eigenvalue weighted by Crippen LogP contribution is -2.16. The summed E-state index contributed by atoms with van der Waals surface area (Å²) < 4.78 is 0.619. The van der Waals surface area contributed by atoms with Gasteiger partial charge >= 0.3 is 0 Å². The Labute approximate surface area is 145 Å². The predicted octanol–water partition coefficient (Wildman–Crippen LogP) is 2.76. The van der Waals surface area contributed by atoms with Crippen LogP contribution in [0.15, 0.2) is 44.1 Å². The molecular formula is C14H11N5OS3. The van der Waals surface area contributed by atoms with Gasteiger partial charge in [0.05, 0.1) is 11.4 Å². The maximum atomic E-state index is 12.4. The molecule has 0 saturated carbocycles. The third kappa shape index (κ3) is 3.19. The maximum absolute atomic E-state index is 12.4. The van der Waals surface area contributed by atoms with Gasteiger partial charge in [-0.25, -0.2) is 0 Å². The molecule has 6 nitrogen and oxygen atoms in total. The van der Waals surface area contributed by atoms with Gasteiger partial charge in [-0.15, -0.1) is 10.2 Å². The van der Waals surface area contributed by atoms with Crippen molar-refractivity contribution in [1.29, 1.82) is 5.26 Å². The number of nitriles is 1. The highest BCUT2D eigenvalue weighted by Gasteiger charge is 2.27. The Kier molecular flexibility index (Phi) is 4.56. The summed E-state index contributed by atoms with van der Waals surface area (Å²) in [6, 6.07) is 9.86. The molecule has 23 heavy (non-hydrogen) atoms. The highest BCUT2D eigenvalue weighted by molar-refractivity contribution is 8.04. The number of para-hydroxylation sites is 1. The minimum absolute atomic E-state index is 0.131. The zero-order valence-corrected chi connectivity index (χ0v) is 14.5. The summed E-state index contributed by atoms with van der Waals surface area (Å²) in [5.41, 5.74) is 6.68. The van der Waals surface area contributed by atoms with E-state index >= 15 is 0 Å². The van der Waals surface area contributed by atoms with E-state index in [1.807, 2.05) is 42.3 Å². The van der Waals surface area contributed by atoms with Crippen LogP contribution < -0.4 is 10.6 Å². The molecule has 1 aliphatic rings. The average molecular weight is 361 g/mol. The number of ketones is 1.